The van der Waals surface area contributed by atoms with Crippen LogP contribution in [0.25, 0.3) is 5.65 Å². The summed E-state index contributed by atoms with van der Waals surface area (Å²) in [7, 11) is -2.68. The molecule has 1 spiro atoms. The van der Waals surface area contributed by atoms with Gasteiger partial charge in [-0.15, -0.1) is 10.2 Å². The van der Waals surface area contributed by atoms with Gasteiger partial charge in [0.2, 0.25) is 21.7 Å². The number of sulfonamides is 1. The van der Waals surface area contributed by atoms with E-state index in [1.165, 1.54) is 22.0 Å². The topological polar surface area (TPSA) is 129 Å². The lowest BCUT2D eigenvalue weighted by Gasteiger charge is -2.33. The number of hydrogen-bond donors (Lipinski definition) is 0. The number of esters is 1. The van der Waals surface area contributed by atoms with Crippen molar-refractivity contribution in [2.75, 3.05) is 13.7 Å². The lowest BCUT2D eigenvalue weighted by atomic mass is 9.71. The van der Waals surface area contributed by atoms with E-state index in [4.69, 9.17) is 14.5 Å². The van der Waals surface area contributed by atoms with Crippen LogP contribution in [0.4, 0.5) is 8.78 Å². The number of aromatic nitrogens is 5. The van der Waals surface area contributed by atoms with E-state index in [2.05, 4.69) is 15.2 Å². The Kier molecular flexibility index (Phi) is 7.43. The first-order valence-electron chi connectivity index (χ1n) is 14.5. The van der Waals surface area contributed by atoms with E-state index < -0.39 is 45.2 Å². The molecule has 1 aliphatic carbocycles. The van der Waals surface area contributed by atoms with Crippen LogP contribution in [0.2, 0.25) is 0 Å². The lowest BCUT2D eigenvalue weighted by molar-refractivity contribution is -0.151. The number of rotatable bonds is 7. The van der Waals surface area contributed by atoms with Crippen molar-refractivity contribution in [3.05, 3.63) is 76.1 Å². The fraction of sp³-hybridized carbons (Fsp3) is 0.452. The fourth-order valence-electron chi connectivity index (χ4n) is 6.09. The lowest BCUT2D eigenvalue weighted by Crippen LogP contribution is -2.38. The molecule has 0 bridgehead atoms. The predicted molar refractivity (Wildman–Crippen MR) is 158 cm³/mol. The second-order valence-electron chi connectivity index (χ2n) is 12.5. The molecule has 14 heteroatoms. The van der Waals surface area contributed by atoms with Crippen molar-refractivity contribution in [2.24, 2.45) is 5.41 Å². The Hall–Kier alpha value is -4.04. The fourth-order valence-corrected chi connectivity index (χ4v) is 7.73. The molecule has 238 valence electrons. The zero-order valence-electron chi connectivity index (χ0n) is 25.8. The first-order chi connectivity index (χ1) is 21.2. The van der Waals surface area contributed by atoms with Crippen molar-refractivity contribution in [2.45, 2.75) is 76.8 Å². The van der Waals surface area contributed by atoms with Crippen molar-refractivity contribution in [3.63, 3.8) is 0 Å². The van der Waals surface area contributed by atoms with E-state index in [0.717, 1.165) is 5.56 Å². The smallest absolute Gasteiger partial charge is 0.312 e. The summed E-state index contributed by atoms with van der Waals surface area (Å²) in [6.45, 7) is 9.00. The van der Waals surface area contributed by atoms with E-state index >= 15 is 0 Å². The quantitative estimate of drug-likeness (QED) is 0.261. The van der Waals surface area contributed by atoms with Gasteiger partial charge in [-0.2, -0.15) is 4.31 Å². The van der Waals surface area contributed by atoms with E-state index in [1.807, 2.05) is 6.92 Å². The SMILES string of the molecule is COC(=O)C(C)(C)C(c1cc(CN2CC3(CC3)Oc3ncc(C)cc3S2(=O)=O)c(C)cn1)c1ccn2c(C(F)F)nnc2c1C. The van der Waals surface area contributed by atoms with Gasteiger partial charge in [0, 0.05) is 36.7 Å². The minimum atomic E-state index is -3.98. The van der Waals surface area contributed by atoms with Crippen LogP contribution in [0.1, 0.15) is 78.4 Å². The third kappa shape index (κ3) is 5.23. The van der Waals surface area contributed by atoms with E-state index in [9.17, 15) is 22.0 Å². The molecule has 6 rings (SSSR count). The maximum atomic E-state index is 14.0. The number of alkyl halides is 2. The number of pyridine rings is 3. The van der Waals surface area contributed by atoms with Crippen molar-refractivity contribution >= 4 is 21.6 Å². The zero-order chi connectivity index (χ0) is 32.5. The molecule has 2 aliphatic rings. The summed E-state index contributed by atoms with van der Waals surface area (Å²) in [6.07, 6.45) is 3.30. The number of carbonyl (C=O) groups is 1. The highest BCUT2D eigenvalue weighted by Crippen LogP contribution is 2.47. The van der Waals surface area contributed by atoms with Crippen molar-refractivity contribution in [1.29, 1.82) is 0 Å². The van der Waals surface area contributed by atoms with E-state index in [-0.39, 0.29) is 29.5 Å². The molecule has 0 saturated heterocycles. The molecular weight excluding hydrogens is 606 g/mol. The highest BCUT2D eigenvalue weighted by atomic mass is 32.2. The summed E-state index contributed by atoms with van der Waals surface area (Å²) in [6, 6.07) is 5.04. The van der Waals surface area contributed by atoms with Crippen LogP contribution in [-0.2, 0) is 26.1 Å². The summed E-state index contributed by atoms with van der Waals surface area (Å²) in [4.78, 5) is 22.3. The van der Waals surface area contributed by atoms with Crippen LogP contribution >= 0.6 is 0 Å². The summed E-state index contributed by atoms with van der Waals surface area (Å²) in [5, 5.41) is 7.68. The van der Waals surface area contributed by atoms with Crippen molar-refractivity contribution < 1.29 is 31.5 Å². The summed E-state index contributed by atoms with van der Waals surface area (Å²) in [5.74, 6) is -1.59. The van der Waals surface area contributed by atoms with Crippen LogP contribution in [0, 0.1) is 26.2 Å². The molecule has 4 aromatic rings. The molecule has 4 aromatic heterocycles. The molecular formula is C31H34F2N6O5S. The normalized spacial score (nSPS) is 18.0. The van der Waals surface area contributed by atoms with Gasteiger partial charge in [-0.05, 0) is 93.5 Å². The summed E-state index contributed by atoms with van der Waals surface area (Å²) in [5.41, 5.74) is 2.21. The highest BCUT2D eigenvalue weighted by Gasteiger charge is 2.52. The Bertz CT molecular complexity index is 1940. The highest BCUT2D eigenvalue weighted by molar-refractivity contribution is 7.89. The van der Waals surface area contributed by atoms with Crippen molar-refractivity contribution in [3.8, 4) is 5.88 Å². The third-order valence-electron chi connectivity index (χ3n) is 8.87. The van der Waals surface area contributed by atoms with Gasteiger partial charge < -0.3 is 9.47 Å². The number of aryl methyl sites for hydroxylation is 3. The summed E-state index contributed by atoms with van der Waals surface area (Å²) < 4.78 is 69.2. The Morgan fingerprint density at radius 3 is 2.53 bits per heavy atom. The molecule has 1 unspecified atom stereocenters. The number of halogens is 2. The maximum Gasteiger partial charge on any atom is 0.312 e. The number of fused-ring (bicyclic) bond motifs is 2. The molecule has 0 radical (unpaired) electrons. The third-order valence-corrected chi connectivity index (χ3v) is 10.7. The molecule has 0 amide bonds. The molecule has 45 heavy (non-hydrogen) atoms. The molecule has 1 saturated carbocycles. The van der Waals surface area contributed by atoms with Gasteiger partial charge in [0.1, 0.15) is 10.5 Å². The molecule has 1 fully saturated rings. The number of hydrogen-bond acceptors (Lipinski definition) is 9. The van der Waals surface area contributed by atoms with Gasteiger partial charge in [-0.1, -0.05) is 0 Å². The van der Waals surface area contributed by atoms with Crippen LogP contribution in [0.15, 0.2) is 41.7 Å². The minimum Gasteiger partial charge on any atom is -0.469 e. The molecule has 0 aromatic carbocycles. The van der Waals surface area contributed by atoms with E-state index in [0.29, 0.717) is 40.8 Å². The van der Waals surface area contributed by atoms with Gasteiger partial charge in [0.05, 0.1) is 19.1 Å². The average molecular weight is 641 g/mol. The predicted octanol–water partition coefficient (Wildman–Crippen LogP) is 4.83. The second kappa shape index (κ2) is 10.8. The van der Waals surface area contributed by atoms with Crippen LogP contribution in [-0.4, -0.2) is 62.5 Å². The Morgan fingerprint density at radius 1 is 1.13 bits per heavy atom. The van der Waals surface area contributed by atoms with Crippen LogP contribution in [0.3, 0.4) is 0 Å². The Labute approximate surface area is 259 Å². The molecule has 5 heterocycles. The average Bonchev–Trinajstić information content (AvgIpc) is 3.61. The van der Waals surface area contributed by atoms with Crippen LogP contribution in [0.5, 0.6) is 5.88 Å². The summed E-state index contributed by atoms with van der Waals surface area (Å²) >= 11 is 0. The number of nitrogens with zero attached hydrogens (tertiary/aromatic N) is 6. The Morgan fingerprint density at radius 2 is 1.87 bits per heavy atom. The number of carbonyl (C=O) groups excluding carboxylic acids is 1. The monoisotopic (exact) mass is 640 g/mol. The van der Waals surface area contributed by atoms with Crippen LogP contribution < -0.4 is 4.74 Å². The maximum absolute atomic E-state index is 14.0. The minimum absolute atomic E-state index is 0.0308. The van der Waals surface area contributed by atoms with E-state index in [1.54, 1.807) is 58.3 Å². The number of ether oxygens (including phenoxy) is 2. The van der Waals surface area contributed by atoms with Crippen molar-refractivity contribution in [1.82, 2.24) is 28.9 Å². The zero-order valence-corrected chi connectivity index (χ0v) is 26.7. The van der Waals surface area contributed by atoms with Gasteiger partial charge in [-0.25, -0.2) is 22.2 Å². The largest absolute Gasteiger partial charge is 0.469 e. The molecule has 11 nitrogen and oxygen atoms in total. The van der Waals surface area contributed by atoms with Gasteiger partial charge in [0.25, 0.3) is 6.43 Å². The molecule has 1 aliphatic heterocycles. The first-order valence-corrected chi connectivity index (χ1v) is 15.9. The molecule has 1 atom stereocenters. The van der Waals surface area contributed by atoms with Gasteiger partial charge in [0.15, 0.2) is 5.65 Å². The molecule has 0 N–H and O–H groups in total. The standard InChI is InChI=1S/C31H34F2N6O5S/c1-17-11-23-28(35-13-17)44-31(8-9-31)16-38(45(23,41)42)15-20-12-22(34-14-18(20)2)24(30(4,5)29(40)43-6)21-7-10-39-26(19(21)3)36-37-27(39)25(32)33/h7,10-14,24-25H,8-9,15-16H2,1-6H3. The number of methoxy groups -OCH3 is 1. The Balaban J connectivity index is 1.46. The van der Waals surface area contributed by atoms with Gasteiger partial charge >= 0.3 is 5.97 Å². The second-order valence-corrected chi connectivity index (χ2v) is 14.4. The first kappa shape index (κ1) is 31.0. The van der Waals surface area contributed by atoms with Gasteiger partial charge in [-0.3, -0.25) is 14.2 Å².